The van der Waals surface area contributed by atoms with Crippen LogP contribution < -0.4 is 5.32 Å². The Morgan fingerprint density at radius 3 is 2.44 bits per heavy atom. The van der Waals surface area contributed by atoms with Gasteiger partial charge >= 0.3 is 0 Å². The second-order valence-electron chi connectivity index (χ2n) is 6.37. The smallest absolute Gasteiger partial charge is 0.0156 e. The average molecular weight is 224 g/mol. The Morgan fingerprint density at radius 1 is 1.25 bits per heavy atom. The van der Waals surface area contributed by atoms with E-state index in [4.69, 9.17) is 0 Å². The summed E-state index contributed by atoms with van der Waals surface area (Å²) in [5, 5.41) is 3.57. The third kappa shape index (κ3) is 2.43. The van der Waals surface area contributed by atoms with Gasteiger partial charge in [-0.25, -0.2) is 0 Å². The molecule has 0 radical (unpaired) electrons. The van der Waals surface area contributed by atoms with Gasteiger partial charge in [-0.3, -0.25) is 0 Å². The van der Waals surface area contributed by atoms with Crippen LogP contribution in [0, 0.1) is 11.3 Å². The molecule has 2 heteroatoms. The second kappa shape index (κ2) is 4.66. The molecule has 2 aliphatic rings. The normalized spacial score (nSPS) is 33.6. The molecule has 2 unspecified atom stereocenters. The molecule has 2 nitrogen and oxygen atoms in total. The third-order valence-corrected chi connectivity index (χ3v) is 4.72. The maximum atomic E-state index is 3.57. The highest BCUT2D eigenvalue weighted by molar-refractivity contribution is 4.97. The molecule has 0 heterocycles. The molecule has 2 rings (SSSR count). The van der Waals surface area contributed by atoms with E-state index in [2.05, 4.69) is 38.0 Å². The summed E-state index contributed by atoms with van der Waals surface area (Å²) in [6.07, 6.45) is 5.66. The lowest BCUT2D eigenvalue weighted by Crippen LogP contribution is -2.44. The standard InChI is InChI=1S/C14H28N2/c1-5-16(12-6-7-12)10-11-8-9-14(2,3)13(11)15-4/h11-13,15H,5-10H2,1-4H3. The summed E-state index contributed by atoms with van der Waals surface area (Å²) in [7, 11) is 2.14. The molecule has 94 valence electrons. The Balaban J connectivity index is 1.93. The van der Waals surface area contributed by atoms with E-state index in [1.54, 1.807) is 0 Å². The van der Waals surface area contributed by atoms with Gasteiger partial charge in [-0.1, -0.05) is 20.8 Å². The molecule has 2 aliphatic carbocycles. The van der Waals surface area contributed by atoms with Crippen molar-refractivity contribution < 1.29 is 0 Å². The highest BCUT2D eigenvalue weighted by Gasteiger charge is 2.42. The fraction of sp³-hybridized carbons (Fsp3) is 1.00. The van der Waals surface area contributed by atoms with E-state index in [9.17, 15) is 0 Å². The molecule has 0 amide bonds. The van der Waals surface area contributed by atoms with Crippen molar-refractivity contribution in [3.63, 3.8) is 0 Å². The molecular formula is C14H28N2. The summed E-state index contributed by atoms with van der Waals surface area (Å²) in [5.41, 5.74) is 0.488. The molecule has 2 atom stereocenters. The monoisotopic (exact) mass is 224 g/mol. The van der Waals surface area contributed by atoms with Crippen LogP contribution in [0.1, 0.15) is 46.5 Å². The van der Waals surface area contributed by atoms with Gasteiger partial charge < -0.3 is 10.2 Å². The van der Waals surface area contributed by atoms with Crippen LogP contribution in [-0.4, -0.2) is 37.1 Å². The van der Waals surface area contributed by atoms with Crippen LogP contribution in [0.3, 0.4) is 0 Å². The summed E-state index contributed by atoms with van der Waals surface area (Å²) in [5.74, 6) is 0.862. The van der Waals surface area contributed by atoms with Gasteiger partial charge in [0.05, 0.1) is 0 Å². The maximum Gasteiger partial charge on any atom is 0.0156 e. The lowest BCUT2D eigenvalue weighted by molar-refractivity contribution is 0.188. The predicted molar refractivity (Wildman–Crippen MR) is 69.6 cm³/mol. The van der Waals surface area contributed by atoms with Crippen LogP contribution in [0.25, 0.3) is 0 Å². The number of rotatable bonds is 5. The quantitative estimate of drug-likeness (QED) is 0.772. The van der Waals surface area contributed by atoms with Crippen LogP contribution in [0.15, 0.2) is 0 Å². The summed E-state index contributed by atoms with van der Waals surface area (Å²) < 4.78 is 0. The zero-order chi connectivity index (χ0) is 11.8. The number of nitrogens with zero attached hydrogens (tertiary/aromatic N) is 1. The lowest BCUT2D eigenvalue weighted by atomic mass is 9.85. The molecule has 0 saturated heterocycles. The molecule has 1 N–H and O–H groups in total. The third-order valence-electron chi connectivity index (χ3n) is 4.72. The Bertz CT molecular complexity index is 233. The summed E-state index contributed by atoms with van der Waals surface area (Å²) in [4.78, 5) is 2.70. The second-order valence-corrected chi connectivity index (χ2v) is 6.37. The fourth-order valence-corrected chi connectivity index (χ4v) is 3.62. The Hall–Kier alpha value is -0.0800. The van der Waals surface area contributed by atoms with Crippen LogP contribution in [0.5, 0.6) is 0 Å². The number of nitrogens with one attached hydrogen (secondary N) is 1. The van der Waals surface area contributed by atoms with Crippen LogP contribution in [0.2, 0.25) is 0 Å². The van der Waals surface area contributed by atoms with Gasteiger partial charge in [0.25, 0.3) is 0 Å². The van der Waals surface area contributed by atoms with Crippen molar-refractivity contribution in [1.82, 2.24) is 10.2 Å². The van der Waals surface area contributed by atoms with Gasteiger partial charge in [0.15, 0.2) is 0 Å². The first-order valence-corrected chi connectivity index (χ1v) is 6.99. The summed E-state index contributed by atoms with van der Waals surface area (Å²) in [6, 6.07) is 1.63. The van der Waals surface area contributed by atoms with Gasteiger partial charge in [0.1, 0.15) is 0 Å². The predicted octanol–water partition coefficient (Wildman–Crippen LogP) is 2.49. The van der Waals surface area contributed by atoms with Crippen molar-refractivity contribution >= 4 is 0 Å². The van der Waals surface area contributed by atoms with Crippen LogP contribution in [-0.2, 0) is 0 Å². The first-order chi connectivity index (χ1) is 7.58. The molecule has 0 aromatic heterocycles. The van der Waals surface area contributed by atoms with E-state index >= 15 is 0 Å². The minimum atomic E-state index is 0.488. The zero-order valence-corrected chi connectivity index (χ0v) is 11.4. The SMILES string of the molecule is CCN(CC1CCC(C)(C)C1NC)C1CC1. The van der Waals surface area contributed by atoms with E-state index in [-0.39, 0.29) is 0 Å². The lowest BCUT2D eigenvalue weighted by Gasteiger charge is -2.33. The molecule has 0 aliphatic heterocycles. The van der Waals surface area contributed by atoms with Gasteiger partial charge in [-0.2, -0.15) is 0 Å². The minimum Gasteiger partial charge on any atom is -0.316 e. The highest BCUT2D eigenvalue weighted by Crippen LogP contribution is 2.42. The van der Waals surface area contributed by atoms with Crippen molar-refractivity contribution in [3.05, 3.63) is 0 Å². The topological polar surface area (TPSA) is 15.3 Å². The largest absolute Gasteiger partial charge is 0.316 e. The molecule has 0 spiro atoms. The minimum absolute atomic E-state index is 0.488. The van der Waals surface area contributed by atoms with Gasteiger partial charge in [-0.05, 0) is 50.6 Å². The highest BCUT2D eigenvalue weighted by atomic mass is 15.2. The number of hydrogen-bond acceptors (Lipinski definition) is 2. The van der Waals surface area contributed by atoms with E-state index in [0.29, 0.717) is 11.5 Å². The maximum absolute atomic E-state index is 3.57. The first kappa shape index (κ1) is 12.4. The van der Waals surface area contributed by atoms with Crippen molar-refractivity contribution in [2.45, 2.75) is 58.5 Å². The molecule has 0 aromatic rings. The molecule has 2 fully saturated rings. The summed E-state index contributed by atoms with van der Waals surface area (Å²) in [6.45, 7) is 9.70. The van der Waals surface area contributed by atoms with Crippen molar-refractivity contribution in [3.8, 4) is 0 Å². The van der Waals surface area contributed by atoms with E-state index in [1.807, 2.05) is 0 Å². The average Bonchev–Trinajstić information content (AvgIpc) is 3.02. The first-order valence-electron chi connectivity index (χ1n) is 6.99. The van der Waals surface area contributed by atoms with Gasteiger partial charge in [0, 0.05) is 18.6 Å². The van der Waals surface area contributed by atoms with E-state index in [1.165, 1.54) is 38.8 Å². The molecular weight excluding hydrogens is 196 g/mol. The van der Waals surface area contributed by atoms with E-state index < -0.39 is 0 Å². The Kier molecular flexibility index (Phi) is 3.60. The number of hydrogen-bond donors (Lipinski definition) is 1. The van der Waals surface area contributed by atoms with Crippen molar-refractivity contribution in [2.24, 2.45) is 11.3 Å². The molecule has 16 heavy (non-hydrogen) atoms. The molecule has 0 bridgehead atoms. The van der Waals surface area contributed by atoms with E-state index in [0.717, 1.165) is 12.0 Å². The molecule has 2 saturated carbocycles. The van der Waals surface area contributed by atoms with Crippen molar-refractivity contribution in [1.29, 1.82) is 0 Å². The zero-order valence-electron chi connectivity index (χ0n) is 11.4. The van der Waals surface area contributed by atoms with Crippen molar-refractivity contribution in [2.75, 3.05) is 20.1 Å². The Labute approximate surface area is 101 Å². The fourth-order valence-electron chi connectivity index (χ4n) is 3.62. The van der Waals surface area contributed by atoms with Crippen LogP contribution >= 0.6 is 0 Å². The Morgan fingerprint density at radius 2 is 1.94 bits per heavy atom. The van der Waals surface area contributed by atoms with Gasteiger partial charge in [-0.15, -0.1) is 0 Å². The van der Waals surface area contributed by atoms with Crippen LogP contribution in [0.4, 0.5) is 0 Å². The summed E-state index contributed by atoms with van der Waals surface area (Å²) >= 11 is 0. The molecule has 0 aromatic carbocycles. The van der Waals surface area contributed by atoms with Gasteiger partial charge in [0.2, 0.25) is 0 Å².